The van der Waals surface area contributed by atoms with Crippen LogP contribution < -0.4 is 0 Å². The summed E-state index contributed by atoms with van der Waals surface area (Å²) in [5.74, 6) is 0.653. The maximum Gasteiger partial charge on any atom is 0.0453 e. The minimum absolute atomic E-state index is 0.653. The molecule has 1 aromatic rings. The summed E-state index contributed by atoms with van der Waals surface area (Å²) in [6.45, 7) is 3.77. The first-order chi connectivity index (χ1) is 6.63. The summed E-state index contributed by atoms with van der Waals surface area (Å²) in [6, 6.07) is 6.14. The molecule has 0 radical (unpaired) electrons. The largest absolute Gasteiger partial charge is 0.301 e. The van der Waals surface area contributed by atoms with Crippen LogP contribution >= 0.6 is 23.2 Å². The molecule has 0 amide bonds. The van der Waals surface area contributed by atoms with Crippen molar-refractivity contribution < 1.29 is 0 Å². The van der Waals surface area contributed by atoms with Crippen LogP contribution in [0.1, 0.15) is 11.1 Å². The van der Waals surface area contributed by atoms with Gasteiger partial charge in [-0.25, -0.2) is 0 Å². The lowest BCUT2D eigenvalue weighted by Crippen LogP contribution is -2.20. The normalized spacial score (nSPS) is 10.9. The van der Waals surface area contributed by atoms with Crippen molar-refractivity contribution in [3.8, 4) is 0 Å². The lowest BCUT2D eigenvalue weighted by atomic mass is 10.1. The molecule has 0 fully saturated rings. The lowest BCUT2D eigenvalue weighted by molar-refractivity contribution is 0.348. The third-order valence-corrected chi connectivity index (χ3v) is 2.64. The number of halogens is 2. The Hall–Kier alpha value is -0.240. The number of alkyl halides is 1. The molecule has 0 saturated heterocycles. The van der Waals surface area contributed by atoms with Crippen LogP contribution in [0, 0.1) is 6.92 Å². The van der Waals surface area contributed by atoms with E-state index in [0.717, 1.165) is 23.7 Å². The number of hydrogen-bond donors (Lipinski definition) is 0. The molecule has 0 aromatic heterocycles. The SMILES string of the molecule is Cc1ccc(CN(C)CCCl)c(Cl)c1. The zero-order chi connectivity index (χ0) is 10.6. The van der Waals surface area contributed by atoms with E-state index >= 15 is 0 Å². The van der Waals surface area contributed by atoms with E-state index in [1.807, 2.05) is 20.0 Å². The van der Waals surface area contributed by atoms with Crippen molar-refractivity contribution in [3.05, 3.63) is 34.3 Å². The molecule has 0 atom stereocenters. The Bertz CT molecular complexity index is 299. The van der Waals surface area contributed by atoms with Gasteiger partial charge < -0.3 is 4.90 Å². The van der Waals surface area contributed by atoms with Crippen molar-refractivity contribution in [2.24, 2.45) is 0 Å². The van der Waals surface area contributed by atoms with Crippen LogP contribution in [0.25, 0.3) is 0 Å². The van der Waals surface area contributed by atoms with E-state index in [2.05, 4.69) is 17.0 Å². The maximum absolute atomic E-state index is 6.11. The van der Waals surface area contributed by atoms with Crippen molar-refractivity contribution in [3.63, 3.8) is 0 Å². The Labute approximate surface area is 95.6 Å². The zero-order valence-electron chi connectivity index (χ0n) is 8.56. The van der Waals surface area contributed by atoms with E-state index in [1.54, 1.807) is 0 Å². The Kier molecular flexibility index (Phi) is 4.73. The molecule has 0 aliphatic heterocycles. The fourth-order valence-corrected chi connectivity index (χ4v) is 1.88. The van der Waals surface area contributed by atoms with Crippen molar-refractivity contribution >= 4 is 23.2 Å². The molecular weight excluding hydrogens is 217 g/mol. The molecule has 0 unspecified atom stereocenters. The Morgan fingerprint density at radius 1 is 1.36 bits per heavy atom. The molecule has 1 rings (SSSR count). The number of aryl methyl sites for hydroxylation is 1. The molecule has 0 saturated carbocycles. The van der Waals surface area contributed by atoms with Gasteiger partial charge in [0.1, 0.15) is 0 Å². The van der Waals surface area contributed by atoms with E-state index in [1.165, 1.54) is 5.56 Å². The number of hydrogen-bond acceptors (Lipinski definition) is 1. The smallest absolute Gasteiger partial charge is 0.0453 e. The van der Waals surface area contributed by atoms with Crippen molar-refractivity contribution in [1.82, 2.24) is 4.90 Å². The molecule has 3 heteroatoms. The highest BCUT2D eigenvalue weighted by atomic mass is 35.5. The van der Waals surface area contributed by atoms with Crippen molar-refractivity contribution in [2.45, 2.75) is 13.5 Å². The van der Waals surface area contributed by atoms with Crippen LogP contribution in [0.2, 0.25) is 5.02 Å². The Morgan fingerprint density at radius 2 is 2.07 bits per heavy atom. The molecule has 1 aromatic carbocycles. The molecule has 0 aliphatic carbocycles. The van der Waals surface area contributed by atoms with Gasteiger partial charge in [-0.1, -0.05) is 23.7 Å². The second-order valence-electron chi connectivity index (χ2n) is 3.52. The van der Waals surface area contributed by atoms with Gasteiger partial charge in [0.15, 0.2) is 0 Å². The van der Waals surface area contributed by atoms with E-state index in [4.69, 9.17) is 23.2 Å². The first-order valence-electron chi connectivity index (χ1n) is 4.63. The molecule has 0 spiro atoms. The van der Waals surface area contributed by atoms with Gasteiger partial charge in [-0.2, -0.15) is 0 Å². The summed E-state index contributed by atoms with van der Waals surface area (Å²) in [5, 5.41) is 0.839. The molecule has 0 N–H and O–H groups in total. The Morgan fingerprint density at radius 3 is 2.64 bits per heavy atom. The summed E-state index contributed by atoms with van der Waals surface area (Å²) in [4.78, 5) is 2.16. The molecule has 0 aliphatic rings. The van der Waals surface area contributed by atoms with Gasteiger partial charge in [0.05, 0.1) is 0 Å². The van der Waals surface area contributed by atoms with Gasteiger partial charge in [-0.3, -0.25) is 0 Å². The predicted molar refractivity (Wildman–Crippen MR) is 63.2 cm³/mol. The quantitative estimate of drug-likeness (QED) is 0.720. The van der Waals surface area contributed by atoms with Gasteiger partial charge in [0.2, 0.25) is 0 Å². The van der Waals surface area contributed by atoms with Crippen molar-refractivity contribution in [1.29, 1.82) is 0 Å². The molecule has 0 heterocycles. The molecule has 14 heavy (non-hydrogen) atoms. The van der Waals surface area contributed by atoms with E-state index in [0.29, 0.717) is 5.88 Å². The average molecular weight is 232 g/mol. The topological polar surface area (TPSA) is 3.24 Å². The van der Waals surface area contributed by atoms with Crippen LogP contribution in [-0.2, 0) is 6.54 Å². The second-order valence-corrected chi connectivity index (χ2v) is 4.31. The van der Waals surface area contributed by atoms with Crippen LogP contribution in [0.5, 0.6) is 0 Å². The van der Waals surface area contributed by atoms with Gasteiger partial charge in [0, 0.05) is 24.0 Å². The highest BCUT2D eigenvalue weighted by Crippen LogP contribution is 2.18. The minimum atomic E-state index is 0.653. The van der Waals surface area contributed by atoms with Crippen LogP contribution in [0.4, 0.5) is 0 Å². The predicted octanol–water partition coefficient (Wildman–Crippen LogP) is 3.32. The fourth-order valence-electron chi connectivity index (χ4n) is 1.29. The summed E-state index contributed by atoms with van der Waals surface area (Å²) in [5.41, 5.74) is 2.35. The monoisotopic (exact) mass is 231 g/mol. The van der Waals surface area contributed by atoms with Crippen LogP contribution in [0.3, 0.4) is 0 Å². The third-order valence-electron chi connectivity index (χ3n) is 2.12. The van der Waals surface area contributed by atoms with E-state index < -0.39 is 0 Å². The van der Waals surface area contributed by atoms with Gasteiger partial charge in [0.25, 0.3) is 0 Å². The average Bonchev–Trinajstić information content (AvgIpc) is 2.10. The summed E-state index contributed by atoms with van der Waals surface area (Å²) in [6.07, 6.45) is 0. The number of benzene rings is 1. The Balaban J connectivity index is 2.67. The fraction of sp³-hybridized carbons (Fsp3) is 0.455. The van der Waals surface area contributed by atoms with Gasteiger partial charge in [-0.05, 0) is 31.2 Å². The van der Waals surface area contributed by atoms with Crippen molar-refractivity contribution in [2.75, 3.05) is 19.5 Å². The summed E-state index contributed by atoms with van der Waals surface area (Å²) >= 11 is 11.8. The maximum atomic E-state index is 6.11. The third kappa shape index (κ3) is 3.49. The standard InChI is InChI=1S/C11H15Cl2N/c1-9-3-4-10(11(13)7-9)8-14(2)6-5-12/h3-4,7H,5-6,8H2,1-2H3. The molecule has 78 valence electrons. The zero-order valence-corrected chi connectivity index (χ0v) is 10.1. The number of nitrogens with zero attached hydrogens (tertiary/aromatic N) is 1. The minimum Gasteiger partial charge on any atom is -0.301 e. The van der Waals surface area contributed by atoms with Crippen LogP contribution in [-0.4, -0.2) is 24.4 Å². The van der Waals surface area contributed by atoms with Gasteiger partial charge in [-0.15, -0.1) is 11.6 Å². The first-order valence-corrected chi connectivity index (χ1v) is 5.54. The lowest BCUT2D eigenvalue weighted by Gasteiger charge is -2.15. The highest BCUT2D eigenvalue weighted by molar-refractivity contribution is 6.31. The van der Waals surface area contributed by atoms with E-state index in [9.17, 15) is 0 Å². The van der Waals surface area contributed by atoms with E-state index in [-0.39, 0.29) is 0 Å². The number of rotatable bonds is 4. The summed E-state index contributed by atoms with van der Waals surface area (Å²) < 4.78 is 0. The molecule has 1 nitrogen and oxygen atoms in total. The second kappa shape index (κ2) is 5.59. The molecular formula is C11H15Cl2N. The summed E-state index contributed by atoms with van der Waals surface area (Å²) in [7, 11) is 2.04. The highest BCUT2D eigenvalue weighted by Gasteiger charge is 2.03. The molecule has 0 bridgehead atoms. The van der Waals surface area contributed by atoms with Crippen LogP contribution in [0.15, 0.2) is 18.2 Å². The van der Waals surface area contributed by atoms with Gasteiger partial charge >= 0.3 is 0 Å². The first kappa shape index (κ1) is 11.8.